The summed E-state index contributed by atoms with van der Waals surface area (Å²) in [6.45, 7) is 0. The number of nitrogen functional groups attached to an aromatic ring is 1. The normalized spacial score (nSPS) is 14.2. The van der Waals surface area contributed by atoms with E-state index in [9.17, 15) is 0 Å². The quantitative estimate of drug-likeness (QED) is 0.897. The van der Waals surface area contributed by atoms with Gasteiger partial charge in [0, 0.05) is 30.2 Å². The Kier molecular flexibility index (Phi) is 3.23. The number of aryl methyl sites for hydroxylation is 1. The van der Waals surface area contributed by atoms with Crippen LogP contribution < -0.4 is 10.6 Å². The van der Waals surface area contributed by atoms with Crippen molar-refractivity contribution in [2.24, 2.45) is 0 Å². The Hall–Kier alpha value is -1.48. The highest BCUT2D eigenvalue weighted by molar-refractivity contribution is 7.16. The van der Waals surface area contributed by atoms with Crippen LogP contribution in [0.5, 0.6) is 0 Å². The van der Waals surface area contributed by atoms with Gasteiger partial charge in [0.05, 0.1) is 5.00 Å². The van der Waals surface area contributed by atoms with Gasteiger partial charge in [-0.1, -0.05) is 12.1 Å². The molecule has 0 fully saturated rings. The van der Waals surface area contributed by atoms with Crippen molar-refractivity contribution < 1.29 is 0 Å². The molecule has 2 nitrogen and oxygen atoms in total. The third kappa shape index (κ3) is 2.23. The van der Waals surface area contributed by atoms with Crippen molar-refractivity contribution in [3.63, 3.8) is 0 Å². The topological polar surface area (TPSA) is 29.3 Å². The lowest BCUT2D eigenvalue weighted by Crippen LogP contribution is -2.08. The van der Waals surface area contributed by atoms with Crippen LogP contribution in [-0.4, -0.2) is 14.1 Å². The van der Waals surface area contributed by atoms with Crippen LogP contribution in [0.4, 0.5) is 10.7 Å². The minimum Gasteiger partial charge on any atom is -0.390 e. The van der Waals surface area contributed by atoms with Crippen LogP contribution in [0.25, 0.3) is 11.1 Å². The Morgan fingerprint density at radius 1 is 1.05 bits per heavy atom. The second-order valence-electron chi connectivity index (χ2n) is 5.39. The first-order valence-electron chi connectivity index (χ1n) is 6.84. The largest absolute Gasteiger partial charge is 0.390 e. The van der Waals surface area contributed by atoms with E-state index in [2.05, 4.69) is 43.3 Å². The molecule has 3 heteroatoms. The fourth-order valence-electron chi connectivity index (χ4n) is 2.83. The van der Waals surface area contributed by atoms with E-state index in [4.69, 9.17) is 5.73 Å². The van der Waals surface area contributed by atoms with Crippen molar-refractivity contribution in [1.29, 1.82) is 0 Å². The summed E-state index contributed by atoms with van der Waals surface area (Å²) < 4.78 is 0. The molecule has 0 saturated carbocycles. The van der Waals surface area contributed by atoms with Crippen molar-refractivity contribution in [3.8, 4) is 11.1 Å². The zero-order valence-electron chi connectivity index (χ0n) is 11.6. The maximum absolute atomic E-state index is 6.26. The van der Waals surface area contributed by atoms with Crippen LogP contribution in [0, 0.1) is 0 Å². The van der Waals surface area contributed by atoms with Crippen LogP contribution in [0.2, 0.25) is 0 Å². The maximum atomic E-state index is 6.26. The Labute approximate surface area is 118 Å². The lowest BCUT2D eigenvalue weighted by atomic mass is 9.92. The van der Waals surface area contributed by atoms with Crippen LogP contribution >= 0.6 is 11.3 Å². The van der Waals surface area contributed by atoms with Crippen LogP contribution in [0.3, 0.4) is 0 Å². The zero-order valence-corrected chi connectivity index (χ0v) is 12.4. The van der Waals surface area contributed by atoms with E-state index in [0.29, 0.717) is 0 Å². The number of hydrogen-bond acceptors (Lipinski definition) is 3. The minimum absolute atomic E-state index is 0.990. The zero-order chi connectivity index (χ0) is 13.4. The summed E-state index contributed by atoms with van der Waals surface area (Å²) in [5.41, 5.74) is 11.6. The lowest BCUT2D eigenvalue weighted by Gasteiger charge is -2.15. The molecular formula is C16H20N2S. The molecule has 19 heavy (non-hydrogen) atoms. The predicted molar refractivity (Wildman–Crippen MR) is 85.1 cm³/mol. The molecule has 2 aromatic rings. The molecule has 1 heterocycles. The Bertz CT molecular complexity index is 582. The van der Waals surface area contributed by atoms with E-state index >= 15 is 0 Å². The summed E-state index contributed by atoms with van der Waals surface area (Å²) in [7, 11) is 4.13. The summed E-state index contributed by atoms with van der Waals surface area (Å²) in [5.74, 6) is 0. The van der Waals surface area contributed by atoms with Gasteiger partial charge in [0.25, 0.3) is 0 Å². The fraction of sp³-hybridized carbons (Fsp3) is 0.375. The van der Waals surface area contributed by atoms with Gasteiger partial charge in [-0.3, -0.25) is 0 Å². The van der Waals surface area contributed by atoms with E-state index in [-0.39, 0.29) is 0 Å². The number of fused-ring (bicyclic) bond motifs is 1. The highest BCUT2D eigenvalue weighted by Gasteiger charge is 2.20. The molecule has 0 bridgehead atoms. The number of anilines is 2. The van der Waals surface area contributed by atoms with Gasteiger partial charge in [-0.25, -0.2) is 0 Å². The van der Waals surface area contributed by atoms with E-state index < -0.39 is 0 Å². The molecule has 0 amide bonds. The average molecular weight is 272 g/mol. The molecule has 0 spiro atoms. The van der Waals surface area contributed by atoms with Gasteiger partial charge < -0.3 is 10.6 Å². The van der Waals surface area contributed by atoms with Crippen molar-refractivity contribution in [1.82, 2.24) is 0 Å². The summed E-state index contributed by atoms with van der Waals surface area (Å²) in [6.07, 6.45) is 5.01. The molecule has 1 aliphatic rings. The SMILES string of the molecule is CN(C)c1ccc(-c2c(N)sc3c2CCCC3)cc1. The monoisotopic (exact) mass is 272 g/mol. The molecule has 0 radical (unpaired) electrons. The molecule has 3 rings (SSSR count). The van der Waals surface area contributed by atoms with Crippen molar-refractivity contribution in [3.05, 3.63) is 34.7 Å². The number of benzene rings is 1. The molecular weight excluding hydrogens is 252 g/mol. The van der Waals surface area contributed by atoms with E-state index in [1.54, 1.807) is 11.3 Å². The number of thiophene rings is 1. The van der Waals surface area contributed by atoms with E-state index in [1.165, 1.54) is 52.9 Å². The van der Waals surface area contributed by atoms with Crippen LogP contribution in [-0.2, 0) is 12.8 Å². The minimum atomic E-state index is 0.990. The molecule has 1 aromatic carbocycles. The van der Waals surface area contributed by atoms with Gasteiger partial charge in [0.1, 0.15) is 0 Å². The third-order valence-corrected chi connectivity index (χ3v) is 4.99. The molecule has 0 saturated heterocycles. The molecule has 1 aliphatic carbocycles. The molecule has 0 unspecified atom stereocenters. The molecule has 1 aromatic heterocycles. The first-order valence-corrected chi connectivity index (χ1v) is 7.66. The Morgan fingerprint density at radius 3 is 2.42 bits per heavy atom. The summed E-state index contributed by atoms with van der Waals surface area (Å²) in [5, 5.41) is 0.990. The van der Waals surface area contributed by atoms with Gasteiger partial charge in [0.2, 0.25) is 0 Å². The Balaban J connectivity index is 2.04. The number of nitrogens with zero attached hydrogens (tertiary/aromatic N) is 1. The Morgan fingerprint density at radius 2 is 1.74 bits per heavy atom. The summed E-state index contributed by atoms with van der Waals surface area (Å²) in [4.78, 5) is 3.63. The fourth-order valence-corrected chi connectivity index (χ4v) is 4.01. The first kappa shape index (κ1) is 12.5. The van der Waals surface area contributed by atoms with Gasteiger partial charge in [-0.05, 0) is 48.9 Å². The molecule has 2 N–H and O–H groups in total. The van der Waals surface area contributed by atoms with Crippen LogP contribution in [0.15, 0.2) is 24.3 Å². The highest BCUT2D eigenvalue weighted by Crippen LogP contribution is 2.42. The lowest BCUT2D eigenvalue weighted by molar-refractivity contribution is 0.698. The second kappa shape index (κ2) is 4.89. The van der Waals surface area contributed by atoms with E-state index in [1.807, 2.05) is 0 Å². The van der Waals surface area contributed by atoms with Gasteiger partial charge in [0.15, 0.2) is 0 Å². The molecule has 100 valence electrons. The average Bonchev–Trinajstić information content (AvgIpc) is 2.74. The first-order chi connectivity index (χ1) is 9.16. The van der Waals surface area contributed by atoms with E-state index in [0.717, 1.165) is 5.00 Å². The number of rotatable bonds is 2. The summed E-state index contributed by atoms with van der Waals surface area (Å²) in [6, 6.07) is 8.73. The van der Waals surface area contributed by atoms with Crippen molar-refractivity contribution in [2.45, 2.75) is 25.7 Å². The molecule has 0 atom stereocenters. The number of nitrogens with two attached hydrogens (primary N) is 1. The second-order valence-corrected chi connectivity index (χ2v) is 6.53. The predicted octanol–water partition coefficient (Wildman–Crippen LogP) is 3.94. The third-order valence-electron chi connectivity index (χ3n) is 3.87. The van der Waals surface area contributed by atoms with Gasteiger partial charge >= 0.3 is 0 Å². The van der Waals surface area contributed by atoms with Gasteiger partial charge in [-0.15, -0.1) is 11.3 Å². The van der Waals surface area contributed by atoms with Crippen LogP contribution in [0.1, 0.15) is 23.3 Å². The number of hydrogen-bond donors (Lipinski definition) is 1. The standard InChI is InChI=1S/C16H20N2S/c1-18(2)12-9-7-11(8-10-12)15-13-5-3-4-6-14(13)19-16(15)17/h7-10H,3-6,17H2,1-2H3. The maximum Gasteiger partial charge on any atom is 0.0941 e. The summed E-state index contributed by atoms with van der Waals surface area (Å²) >= 11 is 1.79. The van der Waals surface area contributed by atoms with Crippen molar-refractivity contribution in [2.75, 3.05) is 24.7 Å². The van der Waals surface area contributed by atoms with Crippen molar-refractivity contribution >= 4 is 22.0 Å². The highest BCUT2D eigenvalue weighted by atomic mass is 32.1. The van der Waals surface area contributed by atoms with Gasteiger partial charge in [-0.2, -0.15) is 0 Å². The smallest absolute Gasteiger partial charge is 0.0941 e. The molecule has 0 aliphatic heterocycles.